The third-order valence-corrected chi connectivity index (χ3v) is 4.32. The molecule has 2 aromatic heterocycles. The molecule has 124 valence electrons. The number of fused-ring (bicyclic) bond motifs is 1. The van der Waals surface area contributed by atoms with Crippen molar-refractivity contribution in [3.8, 4) is 0 Å². The Kier molecular flexibility index (Phi) is 3.81. The molecule has 0 unspecified atom stereocenters. The average molecular weight is 328 g/mol. The van der Waals surface area contributed by atoms with Crippen molar-refractivity contribution >= 4 is 17.0 Å². The van der Waals surface area contributed by atoms with E-state index < -0.39 is 0 Å². The number of hydrogen-bond donors (Lipinski definition) is 1. The molecule has 1 fully saturated rings. The van der Waals surface area contributed by atoms with E-state index in [2.05, 4.69) is 25.2 Å². The number of hydrogen-bond acceptors (Lipinski definition) is 6. The molecule has 4 rings (SSSR count). The maximum Gasteiger partial charge on any atom is 0.184 e. The van der Waals surface area contributed by atoms with Crippen molar-refractivity contribution in [2.24, 2.45) is 0 Å². The Morgan fingerprint density at radius 2 is 1.96 bits per heavy atom. The quantitative estimate of drug-likeness (QED) is 0.782. The van der Waals surface area contributed by atoms with Crippen molar-refractivity contribution in [1.29, 1.82) is 0 Å². The Hall–Kier alpha value is -2.61. The molecule has 8 heteroatoms. The van der Waals surface area contributed by atoms with Crippen LogP contribution in [-0.4, -0.2) is 49.3 Å². The van der Waals surface area contributed by atoms with Gasteiger partial charge < -0.3 is 10.0 Å². The summed E-state index contributed by atoms with van der Waals surface area (Å²) in [4.78, 5) is 10.7. The fraction of sp³-hybridized carbons (Fsp3) is 0.375. The SMILES string of the molecule is OC1CCN(c2ncnc3c2nnn3Cc2ccccc2F)CC1. The number of nitrogens with zero attached hydrogens (tertiary/aromatic N) is 6. The van der Waals surface area contributed by atoms with Crippen LogP contribution in [0.4, 0.5) is 10.2 Å². The van der Waals surface area contributed by atoms with Crippen LogP contribution in [-0.2, 0) is 6.54 Å². The smallest absolute Gasteiger partial charge is 0.184 e. The minimum Gasteiger partial charge on any atom is -0.393 e. The number of aliphatic hydroxyl groups excluding tert-OH is 1. The Morgan fingerprint density at radius 3 is 2.75 bits per heavy atom. The van der Waals surface area contributed by atoms with Crippen LogP contribution in [0.5, 0.6) is 0 Å². The molecular formula is C16H17FN6O. The van der Waals surface area contributed by atoms with Crippen molar-refractivity contribution in [2.75, 3.05) is 18.0 Å². The number of halogens is 1. The zero-order valence-electron chi connectivity index (χ0n) is 13.0. The van der Waals surface area contributed by atoms with Crippen molar-refractivity contribution in [3.63, 3.8) is 0 Å². The summed E-state index contributed by atoms with van der Waals surface area (Å²) in [5, 5.41) is 18.0. The van der Waals surface area contributed by atoms with Crippen LogP contribution in [0.3, 0.4) is 0 Å². The summed E-state index contributed by atoms with van der Waals surface area (Å²) in [6.45, 7) is 1.69. The highest BCUT2D eigenvalue weighted by Crippen LogP contribution is 2.24. The second-order valence-corrected chi connectivity index (χ2v) is 5.93. The number of anilines is 1. The number of benzene rings is 1. The lowest BCUT2D eigenvalue weighted by atomic mass is 10.1. The molecule has 1 N–H and O–H groups in total. The largest absolute Gasteiger partial charge is 0.393 e. The molecule has 1 aliphatic heterocycles. The topological polar surface area (TPSA) is 80.0 Å². The number of rotatable bonds is 3. The van der Waals surface area contributed by atoms with E-state index in [4.69, 9.17) is 0 Å². The lowest BCUT2D eigenvalue weighted by Crippen LogP contribution is -2.36. The molecular weight excluding hydrogens is 311 g/mol. The van der Waals surface area contributed by atoms with Crippen molar-refractivity contribution < 1.29 is 9.50 Å². The van der Waals surface area contributed by atoms with Crippen molar-refractivity contribution in [2.45, 2.75) is 25.5 Å². The van der Waals surface area contributed by atoms with Crippen molar-refractivity contribution in [1.82, 2.24) is 25.0 Å². The summed E-state index contributed by atoms with van der Waals surface area (Å²) in [7, 11) is 0. The second kappa shape index (κ2) is 6.12. The van der Waals surface area contributed by atoms with E-state index >= 15 is 0 Å². The van der Waals surface area contributed by atoms with E-state index in [1.54, 1.807) is 22.9 Å². The van der Waals surface area contributed by atoms with Gasteiger partial charge in [-0.25, -0.2) is 19.0 Å². The van der Waals surface area contributed by atoms with Crippen LogP contribution in [0.25, 0.3) is 11.2 Å². The molecule has 0 atom stereocenters. The van der Waals surface area contributed by atoms with Crippen LogP contribution < -0.4 is 4.90 Å². The molecule has 1 aliphatic rings. The summed E-state index contributed by atoms with van der Waals surface area (Å²) >= 11 is 0. The molecule has 0 bridgehead atoms. The van der Waals surface area contributed by atoms with Gasteiger partial charge in [0.1, 0.15) is 12.1 Å². The van der Waals surface area contributed by atoms with E-state index in [0.29, 0.717) is 48.5 Å². The van der Waals surface area contributed by atoms with E-state index in [-0.39, 0.29) is 18.5 Å². The first-order valence-electron chi connectivity index (χ1n) is 7.93. The molecule has 1 saturated heterocycles. The van der Waals surface area contributed by atoms with Crippen molar-refractivity contribution in [3.05, 3.63) is 42.0 Å². The molecule has 0 radical (unpaired) electrons. The van der Waals surface area contributed by atoms with Gasteiger partial charge in [-0.05, 0) is 18.9 Å². The van der Waals surface area contributed by atoms with E-state index in [0.717, 1.165) is 0 Å². The van der Waals surface area contributed by atoms with E-state index in [1.165, 1.54) is 12.4 Å². The predicted molar refractivity (Wildman–Crippen MR) is 86.1 cm³/mol. The van der Waals surface area contributed by atoms with Gasteiger partial charge in [0.2, 0.25) is 0 Å². The van der Waals surface area contributed by atoms with Gasteiger partial charge >= 0.3 is 0 Å². The zero-order chi connectivity index (χ0) is 16.5. The maximum atomic E-state index is 13.9. The second-order valence-electron chi connectivity index (χ2n) is 5.93. The Labute approximate surface area is 137 Å². The van der Waals surface area contributed by atoms with Gasteiger partial charge in [-0.1, -0.05) is 23.4 Å². The fourth-order valence-corrected chi connectivity index (χ4v) is 2.98. The summed E-state index contributed by atoms with van der Waals surface area (Å²) in [5.74, 6) is 0.437. The van der Waals surface area contributed by atoms with Crippen LogP contribution in [0, 0.1) is 5.82 Å². The number of aromatic nitrogens is 5. The van der Waals surface area contributed by atoms with E-state index in [1.807, 2.05) is 0 Å². The van der Waals surface area contributed by atoms with Crippen LogP contribution in [0.2, 0.25) is 0 Å². The highest BCUT2D eigenvalue weighted by atomic mass is 19.1. The summed E-state index contributed by atoms with van der Waals surface area (Å²) in [5.41, 5.74) is 1.71. The first-order valence-corrected chi connectivity index (χ1v) is 7.93. The van der Waals surface area contributed by atoms with Crippen LogP contribution in [0.15, 0.2) is 30.6 Å². The lowest BCUT2D eigenvalue weighted by Gasteiger charge is -2.30. The van der Waals surface area contributed by atoms with Gasteiger partial charge in [-0.3, -0.25) is 0 Å². The van der Waals surface area contributed by atoms with Crippen LogP contribution >= 0.6 is 0 Å². The molecule has 3 aromatic rings. The molecule has 7 nitrogen and oxygen atoms in total. The van der Waals surface area contributed by atoms with Gasteiger partial charge in [0.05, 0.1) is 12.6 Å². The molecule has 0 saturated carbocycles. The number of aliphatic hydroxyl groups is 1. The fourth-order valence-electron chi connectivity index (χ4n) is 2.98. The first kappa shape index (κ1) is 14.9. The minimum atomic E-state index is -0.277. The van der Waals surface area contributed by atoms with Gasteiger partial charge in [0.25, 0.3) is 0 Å². The Bertz CT molecular complexity index is 859. The zero-order valence-corrected chi connectivity index (χ0v) is 13.0. The maximum absolute atomic E-state index is 13.9. The standard InChI is InChI=1S/C16H17FN6O/c17-13-4-2-1-3-11(13)9-23-16-14(20-21-23)15(18-10-19-16)22-7-5-12(24)6-8-22/h1-4,10,12,24H,5-9H2. The molecule has 0 aliphatic carbocycles. The minimum absolute atomic E-state index is 0.254. The molecule has 0 spiro atoms. The van der Waals surface area contributed by atoms with Gasteiger partial charge in [0.15, 0.2) is 17.0 Å². The highest BCUT2D eigenvalue weighted by molar-refractivity contribution is 5.82. The molecule has 3 heterocycles. The van der Waals surface area contributed by atoms with Gasteiger partial charge in [0, 0.05) is 18.7 Å². The predicted octanol–water partition coefficient (Wildman–Crippen LogP) is 1.37. The normalized spacial score (nSPS) is 16.0. The lowest BCUT2D eigenvalue weighted by molar-refractivity contribution is 0.145. The Morgan fingerprint density at radius 1 is 1.17 bits per heavy atom. The Balaban J connectivity index is 1.68. The summed E-state index contributed by atoms with van der Waals surface area (Å²) in [6, 6.07) is 6.59. The highest BCUT2D eigenvalue weighted by Gasteiger charge is 2.22. The number of piperidine rings is 1. The molecule has 0 amide bonds. The van der Waals surface area contributed by atoms with Crippen LogP contribution in [0.1, 0.15) is 18.4 Å². The van der Waals surface area contributed by atoms with Gasteiger partial charge in [-0.15, -0.1) is 5.10 Å². The monoisotopic (exact) mass is 328 g/mol. The van der Waals surface area contributed by atoms with E-state index in [9.17, 15) is 9.50 Å². The summed E-state index contributed by atoms with van der Waals surface area (Å²) in [6.07, 6.45) is 2.63. The summed E-state index contributed by atoms with van der Waals surface area (Å²) < 4.78 is 15.4. The van der Waals surface area contributed by atoms with Gasteiger partial charge in [-0.2, -0.15) is 0 Å². The average Bonchev–Trinajstić information content (AvgIpc) is 3.01. The third-order valence-electron chi connectivity index (χ3n) is 4.32. The third kappa shape index (κ3) is 2.69. The first-order chi connectivity index (χ1) is 11.7. The molecule has 24 heavy (non-hydrogen) atoms. The molecule has 1 aromatic carbocycles.